The summed E-state index contributed by atoms with van der Waals surface area (Å²) in [6, 6.07) is 7.55. The molecule has 3 aromatic carbocycles. The quantitative estimate of drug-likeness (QED) is 0.164. The van der Waals surface area contributed by atoms with E-state index in [-0.39, 0.29) is 16.7 Å². The van der Waals surface area contributed by atoms with Gasteiger partial charge in [0.2, 0.25) is 5.78 Å². The van der Waals surface area contributed by atoms with Gasteiger partial charge in [-0.15, -0.1) is 0 Å². The first-order valence-electron chi connectivity index (χ1n) is 13.6. The van der Waals surface area contributed by atoms with Crippen molar-refractivity contribution in [1.82, 2.24) is 0 Å². The highest BCUT2D eigenvalue weighted by Crippen LogP contribution is 2.51. The van der Waals surface area contributed by atoms with E-state index in [1.54, 1.807) is 0 Å². The first-order chi connectivity index (χ1) is 21.2. The molecule has 0 aliphatic carbocycles. The molecule has 0 spiro atoms. The van der Waals surface area contributed by atoms with Crippen molar-refractivity contribution in [3.63, 3.8) is 0 Å². The molecule has 2 aliphatic heterocycles. The summed E-state index contributed by atoms with van der Waals surface area (Å²) in [5, 5.41) is 103. The topological polar surface area (TPSA) is 264 Å². The van der Waals surface area contributed by atoms with Crippen molar-refractivity contribution >= 4 is 11.8 Å². The first kappa shape index (κ1) is 31.6. The molecule has 0 saturated carbocycles. The minimum atomic E-state index is -1.86. The molecule has 0 amide bonds. The highest BCUT2D eigenvalue weighted by molar-refractivity contribution is 6.06. The number of phenols is 6. The number of carboxylic acid groups (broad SMARTS) is 1. The number of aliphatic hydroxyl groups excluding tert-OH is 3. The molecule has 10 N–H and O–H groups in total. The van der Waals surface area contributed by atoms with Gasteiger partial charge in [-0.2, -0.15) is 0 Å². The van der Waals surface area contributed by atoms with Gasteiger partial charge in [-0.1, -0.05) is 12.1 Å². The minimum Gasteiger partial charge on any atom is -0.507 e. The van der Waals surface area contributed by atoms with Gasteiger partial charge in [-0.3, -0.25) is 9.59 Å². The average Bonchev–Trinajstić information content (AvgIpc) is 2.97. The fourth-order valence-corrected chi connectivity index (χ4v) is 5.49. The van der Waals surface area contributed by atoms with Crippen LogP contribution in [0, 0.1) is 0 Å². The van der Waals surface area contributed by atoms with Crippen molar-refractivity contribution in [2.45, 2.75) is 62.2 Å². The van der Waals surface area contributed by atoms with Crippen LogP contribution < -0.4 is 4.74 Å². The standard InChI is InChI=1S/C30H30O15/c1-10-23(39)25(41)26(42)30(43-10)45-29-24(40)22-19(36)9-18(35)21(13(8-20(37)38)11-2-4-14(31)16(33)6-11)28(22)44-27(29)12-3-5-15(32)17(34)7-12/h2-7,9-10,13,23,25-27,29-36,39,41-42H,8H2,1H3,(H,37,38)/t10-,13?,23-,25+,26+,27+,29+,30-/m0/s1. The Morgan fingerprint density at radius 2 is 1.47 bits per heavy atom. The number of ketones is 1. The maximum atomic E-state index is 14.1. The van der Waals surface area contributed by atoms with Gasteiger partial charge in [0.05, 0.1) is 12.5 Å². The Morgan fingerprint density at radius 1 is 0.822 bits per heavy atom. The van der Waals surface area contributed by atoms with E-state index >= 15 is 0 Å². The monoisotopic (exact) mass is 630 g/mol. The molecule has 0 bridgehead atoms. The molecule has 2 aliphatic rings. The smallest absolute Gasteiger partial charge is 0.304 e. The lowest BCUT2D eigenvalue weighted by Crippen LogP contribution is -2.59. The van der Waals surface area contributed by atoms with Crippen LogP contribution in [-0.2, 0) is 14.3 Å². The largest absolute Gasteiger partial charge is 0.507 e. The molecule has 3 aromatic rings. The van der Waals surface area contributed by atoms with Crippen LogP contribution >= 0.6 is 0 Å². The van der Waals surface area contributed by atoms with E-state index < -0.39 is 113 Å². The molecule has 0 radical (unpaired) electrons. The minimum absolute atomic E-state index is 0.000856. The number of aromatic hydroxyl groups is 6. The number of ether oxygens (including phenoxy) is 3. The van der Waals surface area contributed by atoms with Crippen molar-refractivity contribution < 1.29 is 74.9 Å². The number of hydrogen-bond acceptors (Lipinski definition) is 14. The number of aliphatic carboxylic acids is 1. The number of carboxylic acids is 1. The number of hydrogen-bond donors (Lipinski definition) is 10. The highest BCUT2D eigenvalue weighted by atomic mass is 16.7. The molecule has 1 saturated heterocycles. The lowest BCUT2D eigenvalue weighted by Gasteiger charge is -2.42. The third-order valence-electron chi connectivity index (χ3n) is 7.85. The van der Waals surface area contributed by atoms with Crippen molar-refractivity contribution in [2.75, 3.05) is 0 Å². The number of carbonyl (C=O) groups excluding carboxylic acids is 1. The van der Waals surface area contributed by atoms with Crippen LogP contribution in [0.1, 0.15) is 52.4 Å². The van der Waals surface area contributed by atoms with Gasteiger partial charge in [0.1, 0.15) is 41.1 Å². The Bertz CT molecular complexity index is 1640. The molecule has 1 fully saturated rings. The highest BCUT2D eigenvalue weighted by Gasteiger charge is 2.49. The third-order valence-corrected chi connectivity index (χ3v) is 7.85. The number of fused-ring (bicyclic) bond motifs is 1. The molecular weight excluding hydrogens is 600 g/mol. The lowest BCUT2D eigenvalue weighted by molar-refractivity contribution is -0.304. The van der Waals surface area contributed by atoms with Crippen LogP contribution in [-0.4, -0.2) is 99.6 Å². The Labute approximate surface area is 254 Å². The third kappa shape index (κ3) is 5.74. The van der Waals surface area contributed by atoms with Crippen LogP contribution in [0.15, 0.2) is 42.5 Å². The van der Waals surface area contributed by atoms with Crippen LogP contribution in [0.25, 0.3) is 0 Å². The molecule has 15 heteroatoms. The normalized spacial score (nSPS) is 26.9. The maximum Gasteiger partial charge on any atom is 0.304 e. The SMILES string of the molecule is C[C@@H]1O[C@@H](O[C@@H]2C(=O)c3c(O)cc(O)c(C(CC(=O)O)c4ccc(O)c(O)c4)c3O[C@@H]2c2ccc(O)c(O)c2)[C@H](O)[C@H](O)[C@H]1O. The zero-order valence-corrected chi connectivity index (χ0v) is 23.4. The molecule has 0 aromatic heterocycles. The molecule has 2 heterocycles. The summed E-state index contributed by atoms with van der Waals surface area (Å²) >= 11 is 0. The second-order valence-electron chi connectivity index (χ2n) is 10.8. The molecule has 240 valence electrons. The van der Waals surface area contributed by atoms with Gasteiger partial charge in [0.25, 0.3) is 0 Å². The summed E-state index contributed by atoms with van der Waals surface area (Å²) in [6.07, 6.45) is -12.0. The predicted octanol–water partition coefficient (Wildman–Crippen LogP) is 1.06. The number of aliphatic hydroxyl groups is 3. The average molecular weight is 631 g/mol. The molecule has 1 unspecified atom stereocenters. The van der Waals surface area contributed by atoms with Crippen molar-refractivity contribution in [3.8, 4) is 40.2 Å². The van der Waals surface area contributed by atoms with Crippen molar-refractivity contribution in [1.29, 1.82) is 0 Å². The number of benzene rings is 3. The second-order valence-corrected chi connectivity index (χ2v) is 10.8. The van der Waals surface area contributed by atoms with E-state index in [0.29, 0.717) is 0 Å². The van der Waals surface area contributed by atoms with Crippen LogP contribution in [0.5, 0.6) is 40.2 Å². The number of rotatable bonds is 7. The van der Waals surface area contributed by atoms with E-state index in [2.05, 4.69) is 0 Å². The predicted molar refractivity (Wildman–Crippen MR) is 148 cm³/mol. The van der Waals surface area contributed by atoms with E-state index in [4.69, 9.17) is 14.2 Å². The summed E-state index contributed by atoms with van der Waals surface area (Å²) in [5.74, 6) is -7.96. The van der Waals surface area contributed by atoms with Crippen LogP contribution in [0.2, 0.25) is 0 Å². The molecule has 15 nitrogen and oxygen atoms in total. The van der Waals surface area contributed by atoms with Gasteiger partial charge in [0.15, 0.2) is 41.5 Å². The van der Waals surface area contributed by atoms with E-state index in [9.17, 15) is 60.7 Å². The van der Waals surface area contributed by atoms with Gasteiger partial charge in [-0.05, 0) is 42.3 Å². The summed E-state index contributed by atoms with van der Waals surface area (Å²) in [5.41, 5.74) is -0.788. The van der Waals surface area contributed by atoms with Gasteiger partial charge >= 0.3 is 5.97 Å². The van der Waals surface area contributed by atoms with Gasteiger partial charge < -0.3 is 65.3 Å². The van der Waals surface area contributed by atoms with Crippen molar-refractivity contribution in [2.24, 2.45) is 0 Å². The van der Waals surface area contributed by atoms with Crippen LogP contribution in [0.3, 0.4) is 0 Å². The summed E-state index contributed by atoms with van der Waals surface area (Å²) < 4.78 is 17.5. The zero-order valence-electron chi connectivity index (χ0n) is 23.4. The van der Waals surface area contributed by atoms with Crippen molar-refractivity contribution in [3.05, 3.63) is 64.7 Å². The lowest BCUT2D eigenvalue weighted by atomic mass is 9.83. The molecule has 5 rings (SSSR count). The fraction of sp³-hybridized carbons (Fsp3) is 0.333. The molecule has 45 heavy (non-hydrogen) atoms. The van der Waals surface area contributed by atoms with Gasteiger partial charge in [0, 0.05) is 17.5 Å². The fourth-order valence-electron chi connectivity index (χ4n) is 5.49. The summed E-state index contributed by atoms with van der Waals surface area (Å²) in [4.78, 5) is 26.1. The van der Waals surface area contributed by atoms with E-state index in [1.165, 1.54) is 19.1 Å². The number of phenolic OH excluding ortho intramolecular Hbond substituents is 6. The zero-order chi connectivity index (χ0) is 32.9. The molecule has 8 atom stereocenters. The first-order valence-corrected chi connectivity index (χ1v) is 13.6. The summed E-state index contributed by atoms with van der Waals surface area (Å²) in [7, 11) is 0. The number of Topliss-reactive ketones (excluding diaryl/α,β-unsaturated/α-hetero) is 1. The Hall–Kier alpha value is -4.80. The number of carbonyl (C=O) groups is 2. The summed E-state index contributed by atoms with van der Waals surface area (Å²) in [6.45, 7) is 1.38. The van der Waals surface area contributed by atoms with Crippen LogP contribution in [0.4, 0.5) is 0 Å². The maximum absolute atomic E-state index is 14.1. The molecular formula is C30H30O15. The van der Waals surface area contributed by atoms with E-state index in [1.807, 2.05) is 0 Å². The Morgan fingerprint density at radius 3 is 2.09 bits per heavy atom. The van der Waals surface area contributed by atoms with Gasteiger partial charge in [-0.25, -0.2) is 0 Å². The van der Waals surface area contributed by atoms with E-state index in [0.717, 1.165) is 30.3 Å². The Kier molecular flexibility index (Phi) is 8.39. The Balaban J connectivity index is 1.69. The second kappa shape index (κ2) is 11.9.